The Labute approximate surface area is 177 Å². The second kappa shape index (κ2) is 7.68. The molecule has 30 heavy (non-hydrogen) atoms. The molecule has 2 aliphatic rings. The molecule has 0 saturated carbocycles. The minimum absolute atomic E-state index is 0.146. The molecular weight excluding hydrogens is 396 g/mol. The SMILES string of the molecule is O=C1NC(SCc2ccccc2)=NN2C1=c1ccccc1=NC2c1cccc(O)c1. The lowest BCUT2D eigenvalue weighted by Crippen LogP contribution is -2.50. The maximum Gasteiger partial charge on any atom is 0.276 e. The van der Waals surface area contributed by atoms with E-state index in [4.69, 9.17) is 10.1 Å². The van der Waals surface area contributed by atoms with Crippen molar-refractivity contribution in [1.29, 1.82) is 0 Å². The molecule has 3 aromatic rings. The lowest BCUT2D eigenvalue weighted by molar-refractivity contribution is -0.116. The fourth-order valence-electron chi connectivity index (χ4n) is 3.52. The molecule has 1 unspecified atom stereocenters. The van der Waals surface area contributed by atoms with Crippen molar-refractivity contribution in [2.45, 2.75) is 11.9 Å². The Morgan fingerprint density at radius 3 is 2.63 bits per heavy atom. The number of hydrogen-bond donors (Lipinski definition) is 2. The van der Waals surface area contributed by atoms with Gasteiger partial charge in [0.25, 0.3) is 5.91 Å². The summed E-state index contributed by atoms with van der Waals surface area (Å²) >= 11 is 1.46. The van der Waals surface area contributed by atoms with Crippen LogP contribution in [0.15, 0.2) is 89.0 Å². The van der Waals surface area contributed by atoms with E-state index in [1.54, 1.807) is 23.2 Å². The first-order chi connectivity index (χ1) is 14.7. The predicted molar refractivity (Wildman–Crippen MR) is 117 cm³/mol. The zero-order valence-corrected chi connectivity index (χ0v) is 16.7. The molecule has 5 rings (SSSR count). The Morgan fingerprint density at radius 1 is 1.00 bits per heavy atom. The number of carbonyl (C=O) groups is 1. The van der Waals surface area contributed by atoms with E-state index >= 15 is 0 Å². The molecule has 0 radical (unpaired) electrons. The number of benzene rings is 3. The van der Waals surface area contributed by atoms with Gasteiger partial charge in [0.2, 0.25) is 0 Å². The Balaban J connectivity index is 1.58. The Hall–Kier alpha value is -3.58. The van der Waals surface area contributed by atoms with Crippen LogP contribution in [-0.4, -0.2) is 21.2 Å². The molecule has 2 heterocycles. The van der Waals surface area contributed by atoms with Crippen molar-refractivity contribution in [2.24, 2.45) is 10.1 Å². The van der Waals surface area contributed by atoms with E-state index in [-0.39, 0.29) is 11.7 Å². The average Bonchev–Trinajstić information content (AvgIpc) is 2.77. The number of carbonyl (C=O) groups excluding carboxylic acids is 1. The summed E-state index contributed by atoms with van der Waals surface area (Å²) in [6, 6.07) is 24.5. The van der Waals surface area contributed by atoms with Gasteiger partial charge in [-0.3, -0.25) is 15.1 Å². The molecule has 1 atom stereocenters. The zero-order chi connectivity index (χ0) is 20.5. The van der Waals surface area contributed by atoms with Gasteiger partial charge >= 0.3 is 0 Å². The van der Waals surface area contributed by atoms with Crippen molar-refractivity contribution in [1.82, 2.24) is 10.3 Å². The van der Waals surface area contributed by atoms with Crippen molar-refractivity contribution in [3.05, 3.63) is 101 Å². The molecule has 7 heteroatoms. The normalized spacial score (nSPS) is 17.4. The molecule has 2 N–H and O–H groups in total. The number of nitrogens with one attached hydrogen (secondary N) is 1. The average molecular weight is 414 g/mol. The molecule has 148 valence electrons. The largest absolute Gasteiger partial charge is 0.508 e. The highest BCUT2D eigenvalue weighted by Crippen LogP contribution is 2.32. The van der Waals surface area contributed by atoms with Crippen LogP contribution >= 0.6 is 11.8 Å². The standard InChI is InChI=1S/C23H18N4O2S/c28-17-10-6-9-16(13-17)21-24-19-12-5-4-11-18(19)20-22(29)25-23(26-27(20)21)30-14-15-7-2-1-3-8-15/h1-13,21,28H,14H2,(H,25,26,29). The zero-order valence-electron chi connectivity index (χ0n) is 15.9. The number of aromatic hydroxyl groups is 1. The molecule has 0 fully saturated rings. The molecule has 0 bridgehead atoms. The quantitative estimate of drug-likeness (QED) is 0.690. The topological polar surface area (TPSA) is 77.3 Å². The van der Waals surface area contributed by atoms with Crippen LogP contribution in [0, 0.1) is 0 Å². The highest BCUT2D eigenvalue weighted by atomic mass is 32.2. The van der Waals surface area contributed by atoms with Gasteiger partial charge in [0.05, 0.1) is 5.36 Å². The van der Waals surface area contributed by atoms with Crippen LogP contribution in [0.4, 0.5) is 0 Å². The summed E-state index contributed by atoms with van der Waals surface area (Å²) in [5, 5.41) is 21.2. The van der Waals surface area contributed by atoms with Gasteiger partial charge in [-0.1, -0.05) is 72.4 Å². The smallest absolute Gasteiger partial charge is 0.276 e. The van der Waals surface area contributed by atoms with Gasteiger partial charge < -0.3 is 5.11 Å². The summed E-state index contributed by atoms with van der Waals surface area (Å²) in [5.74, 6) is 0.619. The molecule has 0 aliphatic carbocycles. The number of nitrogens with zero attached hydrogens (tertiary/aromatic N) is 3. The summed E-state index contributed by atoms with van der Waals surface area (Å²) in [7, 11) is 0. The van der Waals surface area contributed by atoms with E-state index in [2.05, 4.69) is 5.32 Å². The first-order valence-corrected chi connectivity index (χ1v) is 10.5. The van der Waals surface area contributed by atoms with Crippen molar-refractivity contribution < 1.29 is 9.90 Å². The van der Waals surface area contributed by atoms with Gasteiger partial charge in [-0.15, -0.1) is 5.10 Å². The van der Waals surface area contributed by atoms with Gasteiger partial charge in [-0.05, 0) is 23.8 Å². The minimum atomic E-state index is -0.541. The molecule has 2 aliphatic heterocycles. The molecule has 0 aromatic heterocycles. The van der Waals surface area contributed by atoms with Crippen molar-refractivity contribution >= 4 is 28.5 Å². The number of phenolic OH excluding ortho intramolecular Hbond substituents is 1. The fourth-order valence-corrected chi connectivity index (χ4v) is 4.33. The van der Waals surface area contributed by atoms with Crippen molar-refractivity contribution in [3.63, 3.8) is 0 Å². The maximum absolute atomic E-state index is 13.1. The number of rotatable bonds is 3. The Kier molecular flexibility index (Phi) is 4.72. The Bertz CT molecular complexity index is 1270. The summed E-state index contributed by atoms with van der Waals surface area (Å²) in [5.41, 5.74) is 2.36. The molecular formula is C23H18N4O2S. The maximum atomic E-state index is 13.1. The van der Waals surface area contributed by atoms with E-state index in [0.29, 0.717) is 16.6 Å². The lowest BCUT2D eigenvalue weighted by atomic mass is 10.1. The molecule has 0 saturated heterocycles. The number of thioether (sulfide) groups is 1. The number of hydrazone groups is 1. The Morgan fingerprint density at radius 2 is 1.80 bits per heavy atom. The summed E-state index contributed by atoms with van der Waals surface area (Å²) in [4.78, 5) is 17.9. The van der Waals surface area contributed by atoms with E-state index in [9.17, 15) is 9.90 Å². The molecule has 0 spiro atoms. The number of para-hydroxylation sites is 1. The number of hydrogen-bond acceptors (Lipinski definition) is 6. The number of amidine groups is 1. The fraction of sp³-hybridized carbons (Fsp3) is 0.0870. The van der Waals surface area contributed by atoms with E-state index in [1.807, 2.05) is 60.7 Å². The first-order valence-electron chi connectivity index (χ1n) is 9.51. The molecule has 6 nitrogen and oxygen atoms in total. The lowest BCUT2D eigenvalue weighted by Gasteiger charge is -2.34. The highest BCUT2D eigenvalue weighted by molar-refractivity contribution is 8.13. The number of fused-ring (bicyclic) bond motifs is 2. The molecule has 3 aromatic carbocycles. The first kappa shape index (κ1) is 18.4. The summed E-state index contributed by atoms with van der Waals surface area (Å²) in [6.07, 6.45) is -0.541. The van der Waals surface area contributed by atoms with Crippen LogP contribution in [0.5, 0.6) is 5.75 Å². The number of phenols is 1. The van der Waals surface area contributed by atoms with Crippen molar-refractivity contribution in [3.8, 4) is 5.75 Å². The third kappa shape index (κ3) is 3.44. The van der Waals surface area contributed by atoms with Gasteiger partial charge in [0.15, 0.2) is 11.3 Å². The highest BCUT2D eigenvalue weighted by Gasteiger charge is 2.34. The summed E-state index contributed by atoms with van der Waals surface area (Å²) < 4.78 is 0. The third-order valence-corrected chi connectivity index (χ3v) is 5.84. The van der Waals surface area contributed by atoms with Crippen LogP contribution < -0.4 is 15.9 Å². The van der Waals surface area contributed by atoms with E-state index in [0.717, 1.165) is 21.7 Å². The van der Waals surface area contributed by atoms with Crippen molar-refractivity contribution in [2.75, 3.05) is 0 Å². The second-order valence-electron chi connectivity index (χ2n) is 6.94. The van der Waals surface area contributed by atoms with Gasteiger partial charge in [-0.2, -0.15) is 0 Å². The van der Waals surface area contributed by atoms with Gasteiger partial charge in [0, 0.05) is 16.5 Å². The van der Waals surface area contributed by atoms with Crippen LogP contribution in [0.2, 0.25) is 0 Å². The predicted octanol–water partition coefficient (Wildman–Crippen LogP) is 2.47. The summed E-state index contributed by atoms with van der Waals surface area (Å²) in [6.45, 7) is 0. The van der Waals surface area contributed by atoms with Crippen LogP contribution in [-0.2, 0) is 10.5 Å². The monoisotopic (exact) mass is 414 g/mol. The van der Waals surface area contributed by atoms with Crippen LogP contribution in [0.25, 0.3) is 5.70 Å². The van der Waals surface area contributed by atoms with Gasteiger partial charge in [-0.25, -0.2) is 5.01 Å². The minimum Gasteiger partial charge on any atom is -0.508 e. The van der Waals surface area contributed by atoms with Gasteiger partial charge in [0.1, 0.15) is 11.4 Å². The van der Waals surface area contributed by atoms with Crippen LogP contribution in [0.1, 0.15) is 17.3 Å². The van der Waals surface area contributed by atoms with E-state index in [1.165, 1.54) is 11.8 Å². The second-order valence-corrected chi connectivity index (χ2v) is 7.91. The molecule has 1 amide bonds. The third-order valence-electron chi connectivity index (χ3n) is 4.90. The van der Waals surface area contributed by atoms with Crippen LogP contribution in [0.3, 0.4) is 0 Å². The number of amides is 1. The van der Waals surface area contributed by atoms with E-state index < -0.39 is 6.17 Å².